The lowest BCUT2D eigenvalue weighted by Gasteiger charge is -2.12. The quantitative estimate of drug-likeness (QED) is 0.177. The molecule has 0 saturated carbocycles. The molecule has 11 aromatic rings. The number of hydrogen-bond donors (Lipinski definition) is 0. The van der Waals surface area contributed by atoms with E-state index in [0.29, 0.717) is 0 Å². The molecule has 3 nitrogen and oxygen atoms in total. The first-order valence-electron chi connectivity index (χ1n) is 18.0. The van der Waals surface area contributed by atoms with Gasteiger partial charge in [0.1, 0.15) is 0 Å². The smallest absolute Gasteiger partial charge is 0.161 e. The number of pyridine rings is 1. The largest absolute Gasteiger partial charge is 0.246 e. The van der Waals surface area contributed by atoms with E-state index in [1.54, 1.807) is 11.3 Å². The number of fused-ring (bicyclic) bond motifs is 8. The summed E-state index contributed by atoms with van der Waals surface area (Å²) in [6.07, 6.45) is 0. The Morgan fingerprint density at radius 2 is 0.852 bits per heavy atom. The van der Waals surface area contributed by atoms with Crippen LogP contribution in [0.25, 0.3) is 108 Å². The molecule has 11 rings (SSSR count). The molecule has 0 unspecified atom stereocenters. The van der Waals surface area contributed by atoms with Gasteiger partial charge in [-0.3, -0.25) is 0 Å². The first-order chi connectivity index (χ1) is 26.7. The van der Waals surface area contributed by atoms with Crippen molar-refractivity contribution in [1.82, 2.24) is 15.0 Å². The number of benzene rings is 7. The molecular formula is C49H29N3S2. The van der Waals surface area contributed by atoms with Crippen molar-refractivity contribution in [3.8, 4) is 56.3 Å². The standard InChI is InChI=1S/C49H29N3S2/c1-2-13-30(14-3-1)41-29-42(51-49(50-41)40-24-12-23-37-35-19-6-8-25-43(35)53-47(37)40)33-17-10-15-31(27-33)32-16-11-18-34(28-32)45-36-20-4-5-21-38(36)48-46(52-45)39-22-7-9-26-44(39)54-48/h1-29H. The average Bonchev–Trinajstić information content (AvgIpc) is 3.82. The van der Waals surface area contributed by atoms with Gasteiger partial charge < -0.3 is 0 Å². The van der Waals surface area contributed by atoms with Crippen molar-refractivity contribution in [2.24, 2.45) is 0 Å². The number of hydrogen-bond acceptors (Lipinski definition) is 5. The molecule has 0 aliphatic heterocycles. The lowest BCUT2D eigenvalue weighted by molar-refractivity contribution is 1.19. The maximum absolute atomic E-state index is 5.37. The zero-order valence-corrected chi connectivity index (χ0v) is 30.5. The van der Waals surface area contributed by atoms with Gasteiger partial charge >= 0.3 is 0 Å². The van der Waals surface area contributed by atoms with Crippen LogP contribution in [0.2, 0.25) is 0 Å². The molecule has 0 N–H and O–H groups in total. The Hall–Kier alpha value is -6.53. The fourth-order valence-corrected chi connectivity index (χ4v) is 10.1. The van der Waals surface area contributed by atoms with Crippen LogP contribution < -0.4 is 0 Å². The summed E-state index contributed by atoms with van der Waals surface area (Å²) < 4.78 is 4.97. The number of thiophene rings is 2. The van der Waals surface area contributed by atoms with Crippen LogP contribution in [0.3, 0.4) is 0 Å². The van der Waals surface area contributed by atoms with Crippen molar-refractivity contribution >= 4 is 73.9 Å². The van der Waals surface area contributed by atoms with Crippen LogP contribution in [0, 0.1) is 0 Å². The summed E-state index contributed by atoms with van der Waals surface area (Å²) in [5.41, 5.74) is 10.3. The Morgan fingerprint density at radius 3 is 1.65 bits per heavy atom. The second-order valence-electron chi connectivity index (χ2n) is 13.6. The Balaban J connectivity index is 1.05. The van der Waals surface area contributed by atoms with E-state index in [1.807, 2.05) is 17.4 Å². The first-order valence-corrected chi connectivity index (χ1v) is 19.6. The first kappa shape index (κ1) is 31.0. The van der Waals surface area contributed by atoms with Gasteiger partial charge in [-0.2, -0.15) is 0 Å². The van der Waals surface area contributed by atoms with Crippen LogP contribution in [0.15, 0.2) is 176 Å². The number of aromatic nitrogens is 3. The van der Waals surface area contributed by atoms with Gasteiger partial charge in [-0.05, 0) is 47.5 Å². The Bertz CT molecular complexity index is 3230. The second-order valence-corrected chi connectivity index (χ2v) is 15.7. The van der Waals surface area contributed by atoms with E-state index in [9.17, 15) is 0 Å². The third-order valence-corrected chi connectivity index (χ3v) is 12.7. The number of rotatable bonds is 5. The fourth-order valence-electron chi connectivity index (χ4n) is 7.70. The van der Waals surface area contributed by atoms with Crippen molar-refractivity contribution in [2.45, 2.75) is 0 Å². The van der Waals surface area contributed by atoms with E-state index in [0.717, 1.165) is 67.2 Å². The van der Waals surface area contributed by atoms with Crippen LogP contribution in [0.1, 0.15) is 0 Å². The molecule has 0 atom stereocenters. The van der Waals surface area contributed by atoms with Crippen molar-refractivity contribution in [3.05, 3.63) is 176 Å². The molecular weight excluding hydrogens is 695 g/mol. The van der Waals surface area contributed by atoms with Gasteiger partial charge in [-0.25, -0.2) is 15.0 Å². The Morgan fingerprint density at radius 1 is 0.333 bits per heavy atom. The minimum absolute atomic E-state index is 0.727. The minimum atomic E-state index is 0.727. The third kappa shape index (κ3) is 5.12. The van der Waals surface area contributed by atoms with Crippen LogP contribution >= 0.6 is 22.7 Å². The molecule has 0 bridgehead atoms. The summed E-state index contributed by atoms with van der Waals surface area (Å²) in [6, 6.07) is 62.4. The van der Waals surface area contributed by atoms with Gasteiger partial charge in [-0.1, -0.05) is 140 Å². The van der Waals surface area contributed by atoms with Gasteiger partial charge in [-0.15, -0.1) is 22.7 Å². The van der Waals surface area contributed by atoms with Gasteiger partial charge in [0.15, 0.2) is 5.82 Å². The predicted molar refractivity (Wildman–Crippen MR) is 230 cm³/mol. The monoisotopic (exact) mass is 723 g/mol. The maximum atomic E-state index is 5.37. The van der Waals surface area contributed by atoms with E-state index in [-0.39, 0.29) is 0 Å². The highest BCUT2D eigenvalue weighted by Gasteiger charge is 2.18. The summed E-state index contributed by atoms with van der Waals surface area (Å²) in [7, 11) is 0. The Labute approximate surface area is 319 Å². The normalized spacial score (nSPS) is 11.7. The molecule has 5 heteroatoms. The van der Waals surface area contributed by atoms with Crippen molar-refractivity contribution in [1.29, 1.82) is 0 Å². The zero-order valence-electron chi connectivity index (χ0n) is 28.9. The second kappa shape index (κ2) is 12.6. The van der Waals surface area contributed by atoms with E-state index in [2.05, 4.69) is 170 Å². The SMILES string of the molecule is c1ccc(-c2cc(-c3cccc(-c4cccc(-c5nc6c7ccccc7sc6c6ccccc56)c4)c3)nc(-c3cccc4c3sc3ccccc34)n2)cc1. The highest BCUT2D eigenvalue weighted by atomic mass is 32.1. The molecule has 4 heterocycles. The van der Waals surface area contributed by atoms with Crippen LogP contribution in [0.5, 0.6) is 0 Å². The molecule has 7 aromatic carbocycles. The zero-order chi connectivity index (χ0) is 35.6. The van der Waals surface area contributed by atoms with Gasteiger partial charge in [0.2, 0.25) is 0 Å². The summed E-state index contributed by atoms with van der Waals surface area (Å²) in [5, 5.41) is 6.11. The third-order valence-electron chi connectivity index (χ3n) is 10.3. The highest BCUT2D eigenvalue weighted by Crippen LogP contribution is 2.42. The molecule has 0 aliphatic carbocycles. The fraction of sp³-hybridized carbons (Fsp3) is 0. The summed E-state index contributed by atoms with van der Waals surface area (Å²) in [4.78, 5) is 15.9. The van der Waals surface area contributed by atoms with Crippen LogP contribution in [-0.4, -0.2) is 15.0 Å². The van der Waals surface area contributed by atoms with Crippen LogP contribution in [-0.2, 0) is 0 Å². The van der Waals surface area contributed by atoms with E-state index >= 15 is 0 Å². The van der Waals surface area contributed by atoms with Gasteiger partial charge in [0.25, 0.3) is 0 Å². The molecule has 54 heavy (non-hydrogen) atoms. The minimum Gasteiger partial charge on any atom is -0.246 e. The molecule has 4 aromatic heterocycles. The molecule has 252 valence electrons. The molecule has 0 aliphatic rings. The summed E-state index contributed by atoms with van der Waals surface area (Å²) in [6.45, 7) is 0. The van der Waals surface area contributed by atoms with E-state index in [4.69, 9.17) is 15.0 Å². The topological polar surface area (TPSA) is 38.7 Å². The van der Waals surface area contributed by atoms with Crippen molar-refractivity contribution in [2.75, 3.05) is 0 Å². The van der Waals surface area contributed by atoms with Crippen molar-refractivity contribution < 1.29 is 0 Å². The van der Waals surface area contributed by atoms with Gasteiger partial charge in [0, 0.05) is 63.3 Å². The highest BCUT2D eigenvalue weighted by molar-refractivity contribution is 7.27. The van der Waals surface area contributed by atoms with E-state index < -0.39 is 0 Å². The molecule has 0 spiro atoms. The molecule has 0 radical (unpaired) electrons. The molecule has 0 amide bonds. The van der Waals surface area contributed by atoms with Gasteiger partial charge in [0.05, 0.1) is 27.3 Å². The predicted octanol–water partition coefficient (Wildman–Crippen LogP) is 14.1. The molecule has 0 fully saturated rings. The average molecular weight is 724 g/mol. The lowest BCUT2D eigenvalue weighted by atomic mass is 9.96. The maximum Gasteiger partial charge on any atom is 0.161 e. The van der Waals surface area contributed by atoms with Crippen LogP contribution in [0.4, 0.5) is 0 Å². The van der Waals surface area contributed by atoms with E-state index in [1.165, 1.54) is 40.3 Å². The molecule has 0 saturated heterocycles. The lowest BCUT2D eigenvalue weighted by Crippen LogP contribution is -1.96. The Kier molecular flexibility index (Phi) is 7.22. The number of nitrogens with zero attached hydrogens (tertiary/aromatic N) is 3. The summed E-state index contributed by atoms with van der Waals surface area (Å²) in [5.74, 6) is 0.727. The van der Waals surface area contributed by atoms with Crippen molar-refractivity contribution in [3.63, 3.8) is 0 Å². The summed E-state index contributed by atoms with van der Waals surface area (Å²) >= 11 is 3.63.